The lowest BCUT2D eigenvalue weighted by molar-refractivity contribution is 0.0719. The summed E-state index contributed by atoms with van der Waals surface area (Å²) >= 11 is 0. The molecule has 0 aliphatic carbocycles. The summed E-state index contributed by atoms with van der Waals surface area (Å²) in [7, 11) is 0. The molecule has 0 spiro atoms. The number of nitrogens with zero attached hydrogens (tertiary/aromatic N) is 4. The van der Waals surface area contributed by atoms with Crippen molar-refractivity contribution in [3.8, 4) is 0 Å². The van der Waals surface area contributed by atoms with Crippen LogP contribution in [0.5, 0.6) is 0 Å². The van der Waals surface area contributed by atoms with Gasteiger partial charge >= 0.3 is 0 Å². The fraction of sp³-hybridized carbons (Fsp3) is 0.533. The predicted octanol–water partition coefficient (Wildman–Crippen LogP) is 2.10. The molecule has 0 bridgehead atoms. The fourth-order valence-corrected chi connectivity index (χ4v) is 3.01. The van der Waals surface area contributed by atoms with E-state index < -0.39 is 0 Å². The average molecular weight is 288 g/mol. The van der Waals surface area contributed by atoms with Crippen LogP contribution in [-0.2, 0) is 6.54 Å². The summed E-state index contributed by atoms with van der Waals surface area (Å²) in [5.41, 5.74) is 2.41. The van der Waals surface area contributed by atoms with E-state index in [0.717, 1.165) is 31.5 Å². The zero-order valence-electron chi connectivity index (χ0n) is 12.7. The maximum absolute atomic E-state index is 12.8. The van der Waals surface area contributed by atoms with Gasteiger partial charge in [0.05, 0.1) is 24.5 Å². The van der Waals surface area contributed by atoms with Gasteiger partial charge in [-0.3, -0.25) is 9.48 Å². The Morgan fingerprint density at radius 3 is 2.86 bits per heavy atom. The van der Waals surface area contributed by atoms with Crippen LogP contribution in [0, 0.1) is 20.8 Å². The second kappa shape index (κ2) is 5.35. The number of carbonyl (C=O) groups is 1. The number of carbonyl (C=O) groups excluding carboxylic acids is 1. The highest BCUT2D eigenvalue weighted by Crippen LogP contribution is 2.24. The van der Waals surface area contributed by atoms with E-state index in [-0.39, 0.29) is 11.9 Å². The monoisotopic (exact) mass is 288 g/mol. The number of amides is 1. The number of likely N-dealkylation sites (tertiary alicyclic amines) is 1. The molecule has 1 fully saturated rings. The highest BCUT2D eigenvalue weighted by Gasteiger charge is 2.32. The second-order valence-corrected chi connectivity index (χ2v) is 5.73. The van der Waals surface area contributed by atoms with E-state index in [1.54, 1.807) is 6.92 Å². The minimum absolute atomic E-state index is 0.0256. The van der Waals surface area contributed by atoms with E-state index in [1.807, 2.05) is 35.8 Å². The number of hydrogen-bond acceptors (Lipinski definition) is 4. The fourth-order valence-electron chi connectivity index (χ4n) is 3.01. The van der Waals surface area contributed by atoms with Crippen molar-refractivity contribution in [2.24, 2.45) is 0 Å². The summed E-state index contributed by atoms with van der Waals surface area (Å²) < 4.78 is 7.03. The highest BCUT2D eigenvalue weighted by molar-refractivity contribution is 5.96. The standard InChI is InChI=1S/C15H20N4O2/c1-10-7-16-18(8-10)9-13-5-4-6-19(13)15(20)14-11(2)17-21-12(14)3/h7-8,13H,4-6,9H2,1-3H3. The van der Waals surface area contributed by atoms with Gasteiger partial charge in [-0.25, -0.2) is 0 Å². The Labute approximate surface area is 123 Å². The maximum Gasteiger partial charge on any atom is 0.259 e. The van der Waals surface area contributed by atoms with Crippen LogP contribution in [0.1, 0.15) is 40.2 Å². The van der Waals surface area contributed by atoms with E-state index in [9.17, 15) is 4.79 Å². The second-order valence-electron chi connectivity index (χ2n) is 5.73. The van der Waals surface area contributed by atoms with Crippen LogP contribution in [0.15, 0.2) is 16.9 Å². The molecule has 6 heteroatoms. The van der Waals surface area contributed by atoms with Crippen LogP contribution < -0.4 is 0 Å². The Balaban J connectivity index is 1.79. The first-order valence-electron chi connectivity index (χ1n) is 7.29. The molecule has 0 saturated carbocycles. The van der Waals surface area contributed by atoms with Crippen molar-refractivity contribution in [2.75, 3.05) is 6.54 Å². The summed E-state index contributed by atoms with van der Waals surface area (Å²) in [6.45, 7) is 7.14. The van der Waals surface area contributed by atoms with E-state index in [2.05, 4.69) is 10.3 Å². The first-order valence-corrected chi connectivity index (χ1v) is 7.29. The molecule has 21 heavy (non-hydrogen) atoms. The van der Waals surface area contributed by atoms with Crippen LogP contribution in [0.3, 0.4) is 0 Å². The van der Waals surface area contributed by atoms with Gasteiger partial charge in [-0.05, 0) is 39.2 Å². The lowest BCUT2D eigenvalue weighted by atomic mass is 10.1. The molecular formula is C15H20N4O2. The number of aryl methyl sites for hydroxylation is 3. The van der Waals surface area contributed by atoms with Crippen molar-refractivity contribution in [1.29, 1.82) is 0 Å². The van der Waals surface area contributed by atoms with Crippen molar-refractivity contribution in [1.82, 2.24) is 19.8 Å². The molecule has 2 aromatic heterocycles. The zero-order valence-corrected chi connectivity index (χ0v) is 12.7. The van der Waals surface area contributed by atoms with Gasteiger partial charge in [0.2, 0.25) is 0 Å². The van der Waals surface area contributed by atoms with Crippen molar-refractivity contribution < 1.29 is 9.32 Å². The van der Waals surface area contributed by atoms with Gasteiger partial charge in [-0.15, -0.1) is 0 Å². The number of rotatable bonds is 3. The van der Waals surface area contributed by atoms with Gasteiger partial charge < -0.3 is 9.42 Å². The van der Waals surface area contributed by atoms with Gasteiger partial charge in [-0.2, -0.15) is 5.10 Å². The molecule has 0 radical (unpaired) electrons. The Morgan fingerprint density at radius 2 is 2.24 bits per heavy atom. The summed E-state index contributed by atoms with van der Waals surface area (Å²) in [4.78, 5) is 14.7. The molecule has 3 rings (SSSR count). The molecule has 3 heterocycles. The SMILES string of the molecule is Cc1cnn(CC2CCCN2C(=O)c2c(C)noc2C)c1. The molecular weight excluding hydrogens is 268 g/mol. The summed E-state index contributed by atoms with van der Waals surface area (Å²) in [5, 5.41) is 8.20. The minimum Gasteiger partial charge on any atom is -0.361 e. The van der Waals surface area contributed by atoms with E-state index in [0.29, 0.717) is 17.0 Å². The van der Waals surface area contributed by atoms with E-state index in [4.69, 9.17) is 4.52 Å². The molecule has 1 amide bonds. The van der Waals surface area contributed by atoms with Crippen LogP contribution in [0.4, 0.5) is 0 Å². The first-order chi connectivity index (χ1) is 10.1. The summed E-state index contributed by atoms with van der Waals surface area (Å²) in [5.74, 6) is 0.621. The molecule has 0 aromatic carbocycles. The van der Waals surface area contributed by atoms with Gasteiger partial charge in [0, 0.05) is 12.7 Å². The molecule has 6 nitrogen and oxygen atoms in total. The van der Waals surface area contributed by atoms with Crippen LogP contribution in [0.2, 0.25) is 0 Å². The Morgan fingerprint density at radius 1 is 1.43 bits per heavy atom. The van der Waals surface area contributed by atoms with Crippen molar-refractivity contribution >= 4 is 5.91 Å². The number of hydrogen-bond donors (Lipinski definition) is 0. The average Bonchev–Trinajstić information content (AvgIpc) is 3.13. The quantitative estimate of drug-likeness (QED) is 0.867. The number of aromatic nitrogens is 3. The van der Waals surface area contributed by atoms with E-state index >= 15 is 0 Å². The van der Waals surface area contributed by atoms with Gasteiger partial charge in [-0.1, -0.05) is 5.16 Å². The third-order valence-corrected chi connectivity index (χ3v) is 4.05. The Bertz CT molecular complexity index is 639. The molecule has 1 unspecified atom stereocenters. The normalized spacial score (nSPS) is 18.4. The van der Waals surface area contributed by atoms with E-state index in [1.165, 1.54) is 0 Å². The van der Waals surface area contributed by atoms with Gasteiger partial charge in [0.1, 0.15) is 11.3 Å². The van der Waals surface area contributed by atoms with Crippen LogP contribution in [-0.4, -0.2) is 38.3 Å². The lowest BCUT2D eigenvalue weighted by Crippen LogP contribution is -2.38. The van der Waals surface area contributed by atoms with Crippen molar-refractivity contribution in [3.05, 3.63) is 35.0 Å². The van der Waals surface area contributed by atoms with Gasteiger partial charge in [0.25, 0.3) is 5.91 Å². The topological polar surface area (TPSA) is 64.2 Å². The largest absolute Gasteiger partial charge is 0.361 e. The Kier molecular flexibility index (Phi) is 3.53. The minimum atomic E-state index is 0.0256. The molecule has 1 aliphatic heterocycles. The Hall–Kier alpha value is -2.11. The molecule has 1 atom stereocenters. The van der Waals surface area contributed by atoms with Crippen molar-refractivity contribution in [2.45, 2.75) is 46.2 Å². The smallest absolute Gasteiger partial charge is 0.259 e. The van der Waals surface area contributed by atoms with Crippen LogP contribution in [0.25, 0.3) is 0 Å². The zero-order chi connectivity index (χ0) is 15.0. The highest BCUT2D eigenvalue weighted by atomic mass is 16.5. The lowest BCUT2D eigenvalue weighted by Gasteiger charge is -2.24. The van der Waals surface area contributed by atoms with Crippen LogP contribution >= 0.6 is 0 Å². The maximum atomic E-state index is 12.8. The third-order valence-electron chi connectivity index (χ3n) is 4.05. The molecule has 2 aromatic rings. The first kappa shape index (κ1) is 13.9. The molecule has 112 valence electrons. The predicted molar refractivity (Wildman–Crippen MR) is 77.0 cm³/mol. The molecule has 1 aliphatic rings. The summed E-state index contributed by atoms with van der Waals surface area (Å²) in [6, 6.07) is 0.186. The molecule has 0 N–H and O–H groups in total. The van der Waals surface area contributed by atoms with Gasteiger partial charge in [0.15, 0.2) is 0 Å². The molecule has 1 saturated heterocycles. The third kappa shape index (κ3) is 2.57. The summed E-state index contributed by atoms with van der Waals surface area (Å²) in [6.07, 6.45) is 5.89. The van der Waals surface area contributed by atoms with Crippen molar-refractivity contribution in [3.63, 3.8) is 0 Å².